The molecule has 4 atom stereocenters. The maximum Gasteiger partial charge on any atom is 0.273 e. The number of thiazole rings is 1. The molecule has 3 heterocycles. The number of pyridine rings is 1. The fourth-order valence-corrected chi connectivity index (χ4v) is 6.95. The zero-order valence-electron chi connectivity index (χ0n) is 19.3. The Morgan fingerprint density at radius 2 is 2.09 bits per heavy atom. The molecule has 9 heteroatoms. The van der Waals surface area contributed by atoms with Crippen molar-refractivity contribution >= 4 is 28.1 Å². The number of hydrogen-bond donors (Lipinski definition) is 1. The second kappa shape index (κ2) is 9.43. The van der Waals surface area contributed by atoms with Crippen LogP contribution in [0.15, 0.2) is 36.5 Å². The molecule has 1 N–H and O–H groups in total. The van der Waals surface area contributed by atoms with E-state index in [1.165, 1.54) is 17.8 Å². The van der Waals surface area contributed by atoms with Crippen molar-refractivity contribution in [1.29, 1.82) is 0 Å². The summed E-state index contributed by atoms with van der Waals surface area (Å²) < 4.78 is 29.9. The summed E-state index contributed by atoms with van der Waals surface area (Å²) in [5, 5.41) is 4.52. The fraction of sp³-hybridized carbons (Fsp3) is 0.500. The highest BCUT2D eigenvalue weighted by atomic mass is 32.1. The van der Waals surface area contributed by atoms with Gasteiger partial charge in [0, 0.05) is 41.2 Å². The van der Waals surface area contributed by atoms with Gasteiger partial charge in [0.05, 0.1) is 11.2 Å². The Bertz CT molecular complexity index is 1220. The summed E-state index contributed by atoms with van der Waals surface area (Å²) in [6.45, 7) is 2.18. The molecular formula is C26H28F2N4O2S. The number of alkyl halides is 2. The molecule has 6 nitrogen and oxygen atoms in total. The van der Waals surface area contributed by atoms with Gasteiger partial charge in [0.25, 0.3) is 17.5 Å². The van der Waals surface area contributed by atoms with Gasteiger partial charge in [-0.15, -0.1) is 0 Å². The largest absolute Gasteiger partial charge is 0.464 e. The van der Waals surface area contributed by atoms with E-state index in [0.29, 0.717) is 22.6 Å². The zero-order valence-corrected chi connectivity index (χ0v) is 20.1. The summed E-state index contributed by atoms with van der Waals surface area (Å²) in [4.78, 5) is 25.3. The number of ether oxygens (including phenoxy) is 1. The number of amides is 1. The molecule has 35 heavy (non-hydrogen) atoms. The average Bonchev–Trinajstić information content (AvgIpc) is 3.17. The summed E-state index contributed by atoms with van der Waals surface area (Å²) in [5.41, 5.74) is 2.52. The van der Waals surface area contributed by atoms with Gasteiger partial charge in [0.1, 0.15) is 0 Å². The zero-order chi connectivity index (χ0) is 23.9. The summed E-state index contributed by atoms with van der Waals surface area (Å²) in [6, 6.07) is 9.76. The van der Waals surface area contributed by atoms with E-state index in [1.54, 1.807) is 6.20 Å². The van der Waals surface area contributed by atoms with E-state index in [4.69, 9.17) is 4.74 Å². The van der Waals surface area contributed by atoms with Crippen LogP contribution >= 0.6 is 11.3 Å². The smallest absolute Gasteiger partial charge is 0.273 e. The molecule has 3 aliphatic rings. The first-order chi connectivity index (χ1) is 17.0. The summed E-state index contributed by atoms with van der Waals surface area (Å²) in [6.07, 6.45) is 3.46. The van der Waals surface area contributed by atoms with Crippen LogP contribution in [0.25, 0.3) is 10.9 Å². The molecule has 3 aromatic rings. The molecule has 184 valence electrons. The second-order valence-electron chi connectivity index (χ2n) is 9.88. The molecule has 2 saturated carbocycles. The van der Waals surface area contributed by atoms with E-state index >= 15 is 0 Å². The quantitative estimate of drug-likeness (QED) is 0.494. The molecule has 0 saturated heterocycles. The molecule has 0 spiro atoms. The summed E-state index contributed by atoms with van der Waals surface area (Å²) >= 11 is 1.40. The number of nitrogens with one attached hydrogen (secondary N) is 1. The highest BCUT2D eigenvalue weighted by Crippen LogP contribution is 2.59. The van der Waals surface area contributed by atoms with E-state index in [-0.39, 0.29) is 11.9 Å². The van der Waals surface area contributed by atoms with Gasteiger partial charge in [-0.1, -0.05) is 23.5 Å². The number of aromatic nitrogens is 2. The van der Waals surface area contributed by atoms with Gasteiger partial charge in [0.15, 0.2) is 6.61 Å². The molecule has 0 bridgehead atoms. The van der Waals surface area contributed by atoms with Crippen molar-refractivity contribution in [2.24, 2.45) is 17.8 Å². The van der Waals surface area contributed by atoms with E-state index in [2.05, 4.69) is 20.2 Å². The molecule has 6 rings (SSSR count). The van der Waals surface area contributed by atoms with Crippen LogP contribution in [0.1, 0.15) is 40.2 Å². The first-order valence-electron chi connectivity index (χ1n) is 12.3. The van der Waals surface area contributed by atoms with Crippen LogP contribution in [-0.4, -0.2) is 52.9 Å². The average molecular weight is 499 g/mol. The predicted octanol–water partition coefficient (Wildman–Crippen LogP) is 4.54. The number of rotatable bonds is 8. The lowest BCUT2D eigenvalue weighted by molar-refractivity contribution is 0.0815. The minimum absolute atomic E-state index is 0.00395. The number of hydrogen-bond acceptors (Lipinski definition) is 6. The topological polar surface area (TPSA) is 67.4 Å². The second-order valence-corrected chi connectivity index (χ2v) is 10.9. The van der Waals surface area contributed by atoms with Crippen molar-refractivity contribution in [3.05, 3.63) is 52.7 Å². The Hall–Kier alpha value is -2.65. The molecule has 1 aromatic carbocycles. The monoisotopic (exact) mass is 498 g/mol. The van der Waals surface area contributed by atoms with Gasteiger partial charge in [-0.25, -0.2) is 13.8 Å². The van der Waals surface area contributed by atoms with Crippen LogP contribution in [0, 0.1) is 17.8 Å². The Morgan fingerprint density at radius 1 is 1.23 bits per heavy atom. The molecular weight excluding hydrogens is 470 g/mol. The number of halogens is 2. The van der Waals surface area contributed by atoms with Gasteiger partial charge < -0.3 is 10.1 Å². The van der Waals surface area contributed by atoms with Crippen molar-refractivity contribution < 1.29 is 18.3 Å². The Kier molecular flexibility index (Phi) is 6.14. The predicted molar refractivity (Wildman–Crippen MR) is 130 cm³/mol. The number of carbonyl (C=O) groups excluding carboxylic acids is 1. The molecule has 1 amide bonds. The minimum Gasteiger partial charge on any atom is -0.464 e. The SMILES string of the molecule is O=C(N[C@H]1C[C@@H]2[C@@H](CCN3CCc4sc(OCC(F)F)nc4C3)[C@@H]2C1)c1cccc2ncccc12. The first-order valence-corrected chi connectivity index (χ1v) is 13.1. The maximum atomic E-state index is 12.9. The molecule has 0 radical (unpaired) electrons. The lowest BCUT2D eigenvalue weighted by atomic mass is 10.0. The molecule has 2 fully saturated rings. The lowest BCUT2D eigenvalue weighted by Gasteiger charge is -2.26. The van der Waals surface area contributed by atoms with E-state index in [9.17, 15) is 13.6 Å². The Labute approximate surface area is 206 Å². The van der Waals surface area contributed by atoms with E-state index in [1.807, 2.05) is 30.3 Å². The van der Waals surface area contributed by atoms with Gasteiger partial charge in [-0.3, -0.25) is 14.7 Å². The number of nitrogens with zero attached hydrogens (tertiary/aromatic N) is 3. The van der Waals surface area contributed by atoms with Crippen molar-refractivity contribution in [2.75, 3.05) is 19.7 Å². The van der Waals surface area contributed by atoms with Gasteiger partial charge in [-0.2, -0.15) is 0 Å². The van der Waals surface area contributed by atoms with Crippen LogP contribution in [0.3, 0.4) is 0 Å². The van der Waals surface area contributed by atoms with Crippen LogP contribution < -0.4 is 10.1 Å². The minimum atomic E-state index is -2.48. The normalized spacial score (nSPS) is 25.5. The molecule has 2 aliphatic carbocycles. The van der Waals surface area contributed by atoms with Crippen molar-refractivity contribution in [2.45, 2.75) is 44.7 Å². The van der Waals surface area contributed by atoms with Crippen LogP contribution in [0.2, 0.25) is 0 Å². The molecule has 0 unspecified atom stereocenters. The fourth-order valence-electron chi connectivity index (χ4n) is 6.03. The first kappa shape index (κ1) is 22.8. The third-order valence-electron chi connectivity index (χ3n) is 7.75. The maximum absolute atomic E-state index is 12.9. The number of carbonyl (C=O) groups is 1. The standard InChI is InChI=1S/C26H28F2N4O2S/c27-24(28)14-34-26-31-22-13-32(10-7-23(22)35-26)9-6-16-19-11-15(12-20(16)19)30-25(33)18-3-1-5-21-17(18)4-2-8-29-21/h1-5,8,15-16,19-20,24H,6-7,9-14H2,(H,30,33)/t15-,16+,19+,20-. The summed E-state index contributed by atoms with van der Waals surface area (Å²) in [5.74, 6) is 2.16. The third-order valence-corrected chi connectivity index (χ3v) is 8.82. The van der Waals surface area contributed by atoms with Crippen LogP contribution in [0.5, 0.6) is 5.19 Å². The highest BCUT2D eigenvalue weighted by molar-refractivity contribution is 7.13. The van der Waals surface area contributed by atoms with Crippen molar-refractivity contribution in [3.8, 4) is 5.19 Å². The van der Waals surface area contributed by atoms with E-state index < -0.39 is 13.0 Å². The van der Waals surface area contributed by atoms with Crippen LogP contribution in [-0.2, 0) is 13.0 Å². The Balaban J connectivity index is 0.965. The number of benzene rings is 1. The third kappa shape index (κ3) is 4.76. The lowest BCUT2D eigenvalue weighted by Crippen LogP contribution is -2.34. The van der Waals surface area contributed by atoms with E-state index in [0.717, 1.165) is 66.3 Å². The van der Waals surface area contributed by atoms with Crippen LogP contribution in [0.4, 0.5) is 8.78 Å². The Morgan fingerprint density at radius 3 is 2.91 bits per heavy atom. The van der Waals surface area contributed by atoms with Crippen molar-refractivity contribution in [3.63, 3.8) is 0 Å². The van der Waals surface area contributed by atoms with Gasteiger partial charge >= 0.3 is 0 Å². The highest BCUT2D eigenvalue weighted by Gasteiger charge is 2.55. The van der Waals surface area contributed by atoms with Gasteiger partial charge in [0.2, 0.25) is 0 Å². The molecule has 2 aromatic heterocycles. The van der Waals surface area contributed by atoms with Gasteiger partial charge in [-0.05, 0) is 68.2 Å². The molecule has 1 aliphatic heterocycles. The van der Waals surface area contributed by atoms with Crippen molar-refractivity contribution in [1.82, 2.24) is 20.2 Å². The number of fused-ring (bicyclic) bond motifs is 3. The summed E-state index contributed by atoms with van der Waals surface area (Å²) in [7, 11) is 0.